The van der Waals surface area contributed by atoms with E-state index >= 15 is 0 Å². The Morgan fingerprint density at radius 2 is 1.75 bits per heavy atom. The molecule has 0 radical (unpaired) electrons. The molecule has 1 N–H and O–H groups in total. The van der Waals surface area contributed by atoms with Gasteiger partial charge in [-0.05, 0) is 30.5 Å². The first-order valence-corrected chi connectivity index (χ1v) is 7.61. The van der Waals surface area contributed by atoms with Gasteiger partial charge in [-0.3, -0.25) is 0 Å². The topological polar surface area (TPSA) is 30.5 Å². The van der Waals surface area contributed by atoms with E-state index in [4.69, 9.17) is 21.1 Å². The molecular formula is C16H26ClNO2. The van der Waals surface area contributed by atoms with Crippen LogP contribution in [0.15, 0.2) is 12.1 Å². The van der Waals surface area contributed by atoms with E-state index in [1.54, 1.807) is 14.2 Å². The minimum Gasteiger partial charge on any atom is -0.493 e. The highest BCUT2D eigenvalue weighted by Crippen LogP contribution is 2.38. The third kappa shape index (κ3) is 4.03. The minimum atomic E-state index is 0.229. The molecule has 0 fully saturated rings. The fourth-order valence-corrected chi connectivity index (χ4v) is 2.53. The summed E-state index contributed by atoms with van der Waals surface area (Å²) in [5.41, 5.74) is 1.08. The zero-order valence-corrected chi connectivity index (χ0v) is 13.9. The molecule has 20 heavy (non-hydrogen) atoms. The van der Waals surface area contributed by atoms with Gasteiger partial charge in [0, 0.05) is 17.1 Å². The molecule has 0 saturated carbocycles. The van der Waals surface area contributed by atoms with Gasteiger partial charge < -0.3 is 14.8 Å². The Hall–Kier alpha value is -0.930. The number of halogens is 1. The summed E-state index contributed by atoms with van der Waals surface area (Å²) in [5, 5.41) is 4.30. The lowest BCUT2D eigenvalue weighted by molar-refractivity contribution is 0.348. The fourth-order valence-electron chi connectivity index (χ4n) is 2.26. The zero-order valence-electron chi connectivity index (χ0n) is 13.1. The molecule has 114 valence electrons. The molecule has 1 aromatic carbocycles. The summed E-state index contributed by atoms with van der Waals surface area (Å²) in [4.78, 5) is 0. The summed E-state index contributed by atoms with van der Waals surface area (Å²) < 4.78 is 10.7. The van der Waals surface area contributed by atoms with Crippen molar-refractivity contribution < 1.29 is 9.47 Å². The summed E-state index contributed by atoms with van der Waals surface area (Å²) in [7, 11) is 3.27. The quantitative estimate of drug-likeness (QED) is 0.769. The second kappa shape index (κ2) is 8.38. The summed E-state index contributed by atoms with van der Waals surface area (Å²) in [6.45, 7) is 7.57. The van der Waals surface area contributed by atoms with Gasteiger partial charge >= 0.3 is 0 Å². The number of methoxy groups -OCH3 is 2. The third-order valence-electron chi connectivity index (χ3n) is 3.67. The van der Waals surface area contributed by atoms with E-state index in [-0.39, 0.29) is 6.04 Å². The van der Waals surface area contributed by atoms with E-state index in [1.807, 2.05) is 12.1 Å². The minimum absolute atomic E-state index is 0.229. The highest BCUT2D eigenvalue weighted by molar-refractivity contribution is 6.31. The third-order valence-corrected chi connectivity index (χ3v) is 3.99. The number of rotatable bonds is 8. The van der Waals surface area contributed by atoms with Gasteiger partial charge in [0.25, 0.3) is 0 Å². The molecule has 0 saturated heterocycles. The van der Waals surface area contributed by atoms with Gasteiger partial charge in [-0.25, -0.2) is 0 Å². The first kappa shape index (κ1) is 17.1. The van der Waals surface area contributed by atoms with Gasteiger partial charge in [0.2, 0.25) is 0 Å². The highest BCUT2D eigenvalue weighted by Gasteiger charge is 2.22. The average molecular weight is 300 g/mol. The average Bonchev–Trinajstić information content (AvgIpc) is 2.47. The van der Waals surface area contributed by atoms with E-state index in [0.717, 1.165) is 35.7 Å². The van der Waals surface area contributed by atoms with Crippen LogP contribution in [0.5, 0.6) is 11.5 Å². The molecule has 0 heterocycles. The van der Waals surface area contributed by atoms with E-state index in [0.29, 0.717) is 11.7 Å². The smallest absolute Gasteiger partial charge is 0.162 e. The van der Waals surface area contributed by atoms with Crippen LogP contribution in [0.1, 0.15) is 45.2 Å². The summed E-state index contributed by atoms with van der Waals surface area (Å²) in [6.07, 6.45) is 2.18. The number of ether oxygens (including phenoxy) is 2. The first-order valence-electron chi connectivity index (χ1n) is 7.23. The Balaban J connectivity index is 3.17. The predicted octanol–water partition coefficient (Wildman–Crippen LogP) is 4.44. The Labute approximate surface area is 127 Å². The van der Waals surface area contributed by atoms with Crippen molar-refractivity contribution in [3.8, 4) is 11.5 Å². The summed E-state index contributed by atoms with van der Waals surface area (Å²) in [5.74, 6) is 1.88. The van der Waals surface area contributed by atoms with Gasteiger partial charge in [0.15, 0.2) is 11.5 Å². The van der Waals surface area contributed by atoms with Crippen molar-refractivity contribution in [1.82, 2.24) is 5.32 Å². The van der Waals surface area contributed by atoms with Gasteiger partial charge in [0.1, 0.15) is 0 Å². The van der Waals surface area contributed by atoms with Crippen molar-refractivity contribution in [3.05, 3.63) is 22.7 Å². The molecule has 4 heteroatoms. The Morgan fingerprint density at radius 1 is 1.15 bits per heavy atom. The molecular weight excluding hydrogens is 274 g/mol. The molecule has 0 aliphatic rings. The maximum absolute atomic E-state index is 6.44. The lowest BCUT2D eigenvalue weighted by Gasteiger charge is -2.26. The summed E-state index contributed by atoms with van der Waals surface area (Å²) in [6, 6.07) is 4.05. The molecule has 1 aromatic rings. The van der Waals surface area contributed by atoms with Crippen LogP contribution in [0.3, 0.4) is 0 Å². The van der Waals surface area contributed by atoms with Crippen LogP contribution >= 0.6 is 11.6 Å². The molecule has 0 aromatic heterocycles. The van der Waals surface area contributed by atoms with Crippen molar-refractivity contribution >= 4 is 11.6 Å². The molecule has 2 unspecified atom stereocenters. The van der Waals surface area contributed by atoms with E-state index in [2.05, 4.69) is 26.1 Å². The molecule has 0 spiro atoms. The first-order chi connectivity index (χ1) is 9.58. The van der Waals surface area contributed by atoms with E-state index in [9.17, 15) is 0 Å². The van der Waals surface area contributed by atoms with Crippen molar-refractivity contribution in [2.24, 2.45) is 5.92 Å². The molecule has 1 rings (SSSR count). The fraction of sp³-hybridized carbons (Fsp3) is 0.625. The van der Waals surface area contributed by atoms with Gasteiger partial charge in [0.05, 0.1) is 14.2 Å². The number of nitrogens with one attached hydrogen (secondary N) is 1. The SMILES string of the molecule is CCCNC(c1cc(OC)c(OC)cc1Cl)C(C)CC. The maximum atomic E-state index is 6.44. The number of hydrogen-bond acceptors (Lipinski definition) is 3. The molecule has 3 nitrogen and oxygen atoms in total. The largest absolute Gasteiger partial charge is 0.493 e. The normalized spacial score (nSPS) is 13.9. The highest BCUT2D eigenvalue weighted by atomic mass is 35.5. The van der Waals surface area contributed by atoms with Crippen molar-refractivity contribution in [1.29, 1.82) is 0 Å². The molecule has 0 aliphatic carbocycles. The predicted molar refractivity (Wildman–Crippen MR) is 85.0 cm³/mol. The number of benzene rings is 1. The van der Waals surface area contributed by atoms with Crippen LogP contribution in [-0.4, -0.2) is 20.8 Å². The monoisotopic (exact) mass is 299 g/mol. The van der Waals surface area contributed by atoms with Crippen LogP contribution in [0.2, 0.25) is 5.02 Å². The van der Waals surface area contributed by atoms with Crippen LogP contribution < -0.4 is 14.8 Å². The van der Waals surface area contributed by atoms with Crippen molar-refractivity contribution in [3.63, 3.8) is 0 Å². The Kier molecular flexibility index (Phi) is 7.17. The second-order valence-electron chi connectivity index (χ2n) is 5.05. The Bertz CT molecular complexity index is 423. The van der Waals surface area contributed by atoms with Crippen molar-refractivity contribution in [2.45, 2.75) is 39.7 Å². The van der Waals surface area contributed by atoms with Crippen LogP contribution in [0, 0.1) is 5.92 Å². The van der Waals surface area contributed by atoms with Crippen LogP contribution in [-0.2, 0) is 0 Å². The lowest BCUT2D eigenvalue weighted by atomic mass is 9.92. The molecule has 0 amide bonds. The van der Waals surface area contributed by atoms with Gasteiger partial charge in [-0.15, -0.1) is 0 Å². The van der Waals surface area contributed by atoms with Gasteiger partial charge in [-0.2, -0.15) is 0 Å². The number of hydrogen-bond donors (Lipinski definition) is 1. The summed E-state index contributed by atoms with van der Waals surface area (Å²) >= 11 is 6.44. The molecule has 2 atom stereocenters. The maximum Gasteiger partial charge on any atom is 0.162 e. The van der Waals surface area contributed by atoms with Crippen LogP contribution in [0.4, 0.5) is 0 Å². The van der Waals surface area contributed by atoms with Crippen molar-refractivity contribution in [2.75, 3.05) is 20.8 Å². The lowest BCUT2D eigenvalue weighted by Crippen LogP contribution is -2.27. The van der Waals surface area contributed by atoms with E-state index < -0.39 is 0 Å². The van der Waals surface area contributed by atoms with Gasteiger partial charge in [-0.1, -0.05) is 38.8 Å². The second-order valence-corrected chi connectivity index (χ2v) is 5.45. The van der Waals surface area contributed by atoms with E-state index in [1.165, 1.54) is 0 Å². The molecule has 0 aliphatic heterocycles. The zero-order chi connectivity index (χ0) is 15.1. The molecule has 0 bridgehead atoms. The Morgan fingerprint density at radius 3 is 2.25 bits per heavy atom. The van der Waals surface area contributed by atoms with Crippen LogP contribution in [0.25, 0.3) is 0 Å². The standard InChI is InChI=1S/C16H26ClNO2/c1-6-8-18-16(11(3)7-2)12-9-14(19-4)15(20-5)10-13(12)17/h9-11,16,18H,6-8H2,1-5H3.